The Morgan fingerprint density at radius 3 is 2.76 bits per heavy atom. The van der Waals surface area contributed by atoms with Crippen LogP contribution in [0.1, 0.15) is 6.42 Å². The van der Waals surface area contributed by atoms with Crippen molar-refractivity contribution in [3.05, 3.63) is 24.0 Å². The van der Waals surface area contributed by atoms with Crippen LogP contribution in [0.5, 0.6) is 5.75 Å². The molecule has 1 saturated heterocycles. The quantitative estimate of drug-likeness (QED) is 0.577. The van der Waals surface area contributed by atoms with Gasteiger partial charge in [0.1, 0.15) is 23.1 Å². The summed E-state index contributed by atoms with van der Waals surface area (Å²) < 4.78 is 51.3. The SMILES string of the molecule is COCCOc1ccc(F)cc1S(=O)(=O)NCCCN1CCNCC1. The summed E-state index contributed by atoms with van der Waals surface area (Å²) in [6, 6.07) is 3.46. The number of hydrogen-bond acceptors (Lipinski definition) is 6. The average molecular weight is 375 g/mol. The fourth-order valence-corrected chi connectivity index (χ4v) is 3.80. The molecule has 0 bridgehead atoms. The van der Waals surface area contributed by atoms with Crippen LogP contribution in [0, 0.1) is 5.82 Å². The Morgan fingerprint density at radius 2 is 2.04 bits per heavy atom. The summed E-state index contributed by atoms with van der Waals surface area (Å²) in [6.07, 6.45) is 0.689. The van der Waals surface area contributed by atoms with Crippen LogP contribution in [-0.2, 0) is 14.8 Å². The second-order valence-electron chi connectivity index (χ2n) is 5.78. The Morgan fingerprint density at radius 1 is 1.28 bits per heavy atom. The highest BCUT2D eigenvalue weighted by atomic mass is 32.2. The smallest absolute Gasteiger partial charge is 0.244 e. The van der Waals surface area contributed by atoms with E-state index in [1.54, 1.807) is 0 Å². The number of sulfonamides is 1. The molecule has 0 atom stereocenters. The molecular weight excluding hydrogens is 349 g/mol. The minimum Gasteiger partial charge on any atom is -0.490 e. The molecule has 1 aliphatic rings. The lowest BCUT2D eigenvalue weighted by Gasteiger charge is -2.27. The lowest BCUT2D eigenvalue weighted by molar-refractivity contribution is 0.144. The molecule has 2 rings (SSSR count). The highest BCUT2D eigenvalue weighted by Crippen LogP contribution is 2.24. The number of halogens is 1. The van der Waals surface area contributed by atoms with Crippen molar-refractivity contribution in [2.24, 2.45) is 0 Å². The molecule has 0 radical (unpaired) electrons. The number of benzene rings is 1. The maximum absolute atomic E-state index is 13.5. The van der Waals surface area contributed by atoms with Crippen LogP contribution >= 0.6 is 0 Å². The zero-order chi connectivity index (χ0) is 18.1. The molecular formula is C16H26FN3O4S. The van der Waals surface area contributed by atoms with Crippen LogP contribution in [0.3, 0.4) is 0 Å². The Kier molecular flexibility index (Phi) is 8.04. The molecule has 0 unspecified atom stereocenters. The van der Waals surface area contributed by atoms with Gasteiger partial charge in [-0.3, -0.25) is 0 Å². The third kappa shape index (κ3) is 6.52. The van der Waals surface area contributed by atoms with Crippen LogP contribution in [0.15, 0.2) is 23.1 Å². The van der Waals surface area contributed by atoms with Gasteiger partial charge < -0.3 is 19.7 Å². The van der Waals surface area contributed by atoms with E-state index in [0.29, 0.717) is 19.6 Å². The van der Waals surface area contributed by atoms with Gasteiger partial charge >= 0.3 is 0 Å². The molecule has 7 nitrogen and oxygen atoms in total. The zero-order valence-corrected chi connectivity index (χ0v) is 15.3. The van der Waals surface area contributed by atoms with Gasteiger partial charge in [0.25, 0.3) is 0 Å². The van der Waals surface area contributed by atoms with Crippen LogP contribution in [0.25, 0.3) is 0 Å². The minimum absolute atomic E-state index is 0.119. The largest absolute Gasteiger partial charge is 0.490 e. The first-order valence-electron chi connectivity index (χ1n) is 8.37. The molecule has 1 aromatic rings. The van der Waals surface area contributed by atoms with Crippen molar-refractivity contribution in [3.8, 4) is 5.75 Å². The monoisotopic (exact) mass is 375 g/mol. The first kappa shape index (κ1) is 20.1. The number of nitrogens with one attached hydrogen (secondary N) is 2. The molecule has 0 aromatic heterocycles. The number of hydrogen-bond donors (Lipinski definition) is 2. The Labute approximate surface area is 148 Å². The highest BCUT2D eigenvalue weighted by molar-refractivity contribution is 7.89. The van der Waals surface area contributed by atoms with Crippen LogP contribution in [0.4, 0.5) is 4.39 Å². The summed E-state index contributed by atoms with van der Waals surface area (Å²) in [5, 5.41) is 3.27. The zero-order valence-electron chi connectivity index (χ0n) is 14.5. The number of ether oxygens (including phenoxy) is 2. The first-order valence-corrected chi connectivity index (χ1v) is 9.85. The second-order valence-corrected chi connectivity index (χ2v) is 7.51. The average Bonchev–Trinajstić information content (AvgIpc) is 2.61. The molecule has 25 heavy (non-hydrogen) atoms. The van der Waals surface area contributed by atoms with E-state index in [1.807, 2.05) is 0 Å². The van der Waals surface area contributed by atoms with Gasteiger partial charge in [0, 0.05) is 39.8 Å². The number of rotatable bonds is 10. The summed E-state index contributed by atoms with van der Waals surface area (Å²) in [7, 11) is -2.32. The van der Waals surface area contributed by atoms with E-state index in [4.69, 9.17) is 9.47 Å². The number of piperazine rings is 1. The summed E-state index contributed by atoms with van der Waals surface area (Å²) in [6.45, 7) is 5.46. The lowest BCUT2D eigenvalue weighted by atomic mass is 10.3. The van der Waals surface area contributed by atoms with E-state index in [2.05, 4.69) is 14.9 Å². The summed E-state index contributed by atoms with van der Waals surface area (Å²) >= 11 is 0. The Hall–Kier alpha value is -1.26. The highest BCUT2D eigenvalue weighted by Gasteiger charge is 2.20. The van der Waals surface area contributed by atoms with Gasteiger partial charge in [-0.25, -0.2) is 17.5 Å². The fourth-order valence-electron chi connectivity index (χ4n) is 2.57. The Bertz CT molecular complexity index is 636. The molecule has 0 saturated carbocycles. The van der Waals surface area contributed by atoms with E-state index < -0.39 is 15.8 Å². The van der Waals surface area contributed by atoms with Gasteiger partial charge in [-0.15, -0.1) is 0 Å². The van der Waals surface area contributed by atoms with Crippen molar-refractivity contribution in [1.29, 1.82) is 0 Å². The molecule has 1 fully saturated rings. The van der Waals surface area contributed by atoms with Crippen LogP contribution in [-0.4, -0.2) is 72.9 Å². The van der Waals surface area contributed by atoms with E-state index >= 15 is 0 Å². The van der Waals surface area contributed by atoms with E-state index in [0.717, 1.165) is 38.8 Å². The van der Waals surface area contributed by atoms with Gasteiger partial charge in [-0.1, -0.05) is 0 Å². The molecule has 1 aromatic carbocycles. The van der Waals surface area contributed by atoms with Crippen molar-refractivity contribution in [2.75, 3.05) is 59.6 Å². The van der Waals surface area contributed by atoms with Crippen LogP contribution in [0.2, 0.25) is 0 Å². The molecule has 1 heterocycles. The molecule has 9 heteroatoms. The third-order valence-electron chi connectivity index (χ3n) is 3.89. The van der Waals surface area contributed by atoms with Crippen molar-refractivity contribution in [2.45, 2.75) is 11.3 Å². The number of nitrogens with zero attached hydrogens (tertiary/aromatic N) is 1. The maximum atomic E-state index is 13.5. The molecule has 1 aliphatic heterocycles. The van der Waals surface area contributed by atoms with E-state index in [9.17, 15) is 12.8 Å². The standard InChI is InChI=1S/C16H26FN3O4S/c1-23-11-12-24-15-4-3-14(17)13-16(15)25(21,22)19-5-2-8-20-9-6-18-7-10-20/h3-4,13,18-19H,2,5-12H2,1H3. The molecule has 142 valence electrons. The summed E-state index contributed by atoms with van der Waals surface area (Å²) in [4.78, 5) is 2.09. The van der Waals surface area contributed by atoms with Crippen LogP contribution < -0.4 is 14.8 Å². The van der Waals surface area contributed by atoms with Gasteiger partial charge in [0.2, 0.25) is 10.0 Å². The van der Waals surface area contributed by atoms with E-state index in [1.165, 1.54) is 19.2 Å². The second kappa shape index (κ2) is 10.0. The summed E-state index contributed by atoms with van der Waals surface area (Å²) in [5.41, 5.74) is 0. The lowest BCUT2D eigenvalue weighted by Crippen LogP contribution is -2.44. The predicted octanol–water partition coefficient (Wildman–Crippen LogP) is 0.425. The van der Waals surface area contributed by atoms with Crippen molar-refractivity contribution < 1.29 is 22.3 Å². The Balaban J connectivity index is 1.91. The molecule has 2 N–H and O–H groups in total. The maximum Gasteiger partial charge on any atom is 0.244 e. The van der Waals surface area contributed by atoms with E-state index in [-0.39, 0.29) is 17.3 Å². The van der Waals surface area contributed by atoms with Gasteiger partial charge in [0.05, 0.1) is 6.61 Å². The minimum atomic E-state index is -3.84. The van der Waals surface area contributed by atoms with Crippen molar-refractivity contribution >= 4 is 10.0 Å². The normalized spacial score (nSPS) is 16.1. The van der Waals surface area contributed by atoms with Gasteiger partial charge in [-0.2, -0.15) is 0 Å². The topological polar surface area (TPSA) is 79.9 Å². The van der Waals surface area contributed by atoms with Gasteiger partial charge in [-0.05, 0) is 31.2 Å². The number of methoxy groups -OCH3 is 1. The molecule has 0 aliphatic carbocycles. The third-order valence-corrected chi connectivity index (χ3v) is 5.38. The van der Waals surface area contributed by atoms with Crippen molar-refractivity contribution in [1.82, 2.24) is 14.9 Å². The first-order chi connectivity index (χ1) is 12.0. The predicted molar refractivity (Wildman–Crippen MR) is 92.9 cm³/mol. The molecule has 0 spiro atoms. The summed E-state index contributed by atoms with van der Waals surface area (Å²) in [5.74, 6) is -0.506. The molecule has 0 amide bonds. The van der Waals surface area contributed by atoms with Crippen molar-refractivity contribution in [3.63, 3.8) is 0 Å². The fraction of sp³-hybridized carbons (Fsp3) is 0.625. The van der Waals surface area contributed by atoms with Gasteiger partial charge in [0.15, 0.2) is 0 Å².